The summed E-state index contributed by atoms with van der Waals surface area (Å²) >= 11 is 0. The maximum Gasteiger partial charge on any atom is 0.133 e. The first-order valence-electron chi connectivity index (χ1n) is 6.01. The zero-order chi connectivity index (χ0) is 13.1. The van der Waals surface area contributed by atoms with E-state index >= 15 is 0 Å². The van der Waals surface area contributed by atoms with Crippen molar-refractivity contribution >= 4 is 0 Å². The van der Waals surface area contributed by atoms with Gasteiger partial charge >= 0.3 is 0 Å². The van der Waals surface area contributed by atoms with Gasteiger partial charge in [-0.25, -0.2) is 0 Å². The monoisotopic (exact) mass is 242 g/mol. The minimum Gasteiger partial charge on any atom is -0.457 e. The van der Waals surface area contributed by atoms with Gasteiger partial charge < -0.3 is 10.5 Å². The molecule has 18 heavy (non-hydrogen) atoms. The van der Waals surface area contributed by atoms with E-state index in [4.69, 9.17) is 10.5 Å². The zero-order valence-corrected chi connectivity index (χ0v) is 11.0. The van der Waals surface area contributed by atoms with Gasteiger partial charge in [0.05, 0.1) is 5.69 Å². The number of rotatable bonds is 3. The fourth-order valence-corrected chi connectivity index (χ4v) is 1.83. The molecule has 0 unspecified atom stereocenters. The van der Waals surface area contributed by atoms with Crippen LogP contribution >= 0.6 is 0 Å². The van der Waals surface area contributed by atoms with E-state index in [1.165, 1.54) is 11.1 Å². The Morgan fingerprint density at radius 3 is 2.56 bits per heavy atom. The molecule has 94 valence electrons. The zero-order valence-electron chi connectivity index (χ0n) is 11.0. The lowest BCUT2D eigenvalue weighted by Crippen LogP contribution is -2.00. The second kappa shape index (κ2) is 5.19. The number of ether oxygens (including phenoxy) is 1. The lowest BCUT2D eigenvalue weighted by atomic mass is 10.1. The molecule has 0 aliphatic heterocycles. The SMILES string of the molecule is Cc1ccc(C)c(Oc2ccnc(CN)c2)c1C. The highest BCUT2D eigenvalue weighted by Crippen LogP contribution is 2.30. The van der Waals surface area contributed by atoms with Gasteiger partial charge in [-0.15, -0.1) is 0 Å². The van der Waals surface area contributed by atoms with E-state index < -0.39 is 0 Å². The predicted octanol–water partition coefficient (Wildman–Crippen LogP) is 3.26. The van der Waals surface area contributed by atoms with Crippen molar-refractivity contribution in [2.75, 3.05) is 0 Å². The molecule has 0 atom stereocenters. The van der Waals surface area contributed by atoms with E-state index in [1.807, 2.05) is 19.1 Å². The molecule has 3 heteroatoms. The molecule has 0 aliphatic rings. The van der Waals surface area contributed by atoms with Crippen molar-refractivity contribution in [2.24, 2.45) is 5.73 Å². The molecule has 0 amide bonds. The number of nitrogens with two attached hydrogens (primary N) is 1. The molecular formula is C15H18N2O. The number of benzene rings is 1. The Bertz CT molecular complexity index is 564. The van der Waals surface area contributed by atoms with Crippen LogP contribution in [0.2, 0.25) is 0 Å². The van der Waals surface area contributed by atoms with Gasteiger partial charge in [-0.3, -0.25) is 4.98 Å². The Morgan fingerprint density at radius 1 is 1.11 bits per heavy atom. The second-order valence-electron chi connectivity index (χ2n) is 4.44. The first-order valence-corrected chi connectivity index (χ1v) is 6.01. The summed E-state index contributed by atoms with van der Waals surface area (Å²) in [6, 6.07) is 7.90. The average molecular weight is 242 g/mol. The standard InChI is InChI=1S/C15H18N2O/c1-10-4-5-11(2)15(12(10)3)18-14-6-7-17-13(8-14)9-16/h4-8H,9,16H2,1-3H3. The molecule has 2 rings (SSSR count). The van der Waals surface area contributed by atoms with Crippen LogP contribution in [-0.4, -0.2) is 4.98 Å². The lowest BCUT2D eigenvalue weighted by molar-refractivity contribution is 0.473. The highest BCUT2D eigenvalue weighted by Gasteiger charge is 2.08. The molecule has 0 fully saturated rings. The summed E-state index contributed by atoms with van der Waals surface area (Å²) in [5.74, 6) is 1.70. The summed E-state index contributed by atoms with van der Waals surface area (Å²) in [4.78, 5) is 4.16. The largest absolute Gasteiger partial charge is 0.457 e. The molecule has 0 aliphatic carbocycles. The van der Waals surface area contributed by atoms with Crippen LogP contribution in [0.5, 0.6) is 11.5 Å². The van der Waals surface area contributed by atoms with Gasteiger partial charge in [0.15, 0.2) is 0 Å². The van der Waals surface area contributed by atoms with Crippen molar-refractivity contribution < 1.29 is 4.74 Å². The first kappa shape index (κ1) is 12.6. The number of aromatic nitrogens is 1. The maximum absolute atomic E-state index is 5.97. The lowest BCUT2D eigenvalue weighted by Gasteiger charge is -2.13. The molecule has 1 heterocycles. The van der Waals surface area contributed by atoms with Gasteiger partial charge in [0.2, 0.25) is 0 Å². The summed E-state index contributed by atoms with van der Waals surface area (Å²) in [7, 11) is 0. The van der Waals surface area contributed by atoms with Crippen LogP contribution in [0.3, 0.4) is 0 Å². The van der Waals surface area contributed by atoms with Crippen LogP contribution in [0.1, 0.15) is 22.4 Å². The van der Waals surface area contributed by atoms with E-state index in [0.29, 0.717) is 6.54 Å². The molecule has 1 aromatic carbocycles. The van der Waals surface area contributed by atoms with Crippen LogP contribution < -0.4 is 10.5 Å². The third-order valence-electron chi connectivity index (χ3n) is 3.09. The molecule has 0 radical (unpaired) electrons. The van der Waals surface area contributed by atoms with Crippen LogP contribution in [-0.2, 0) is 6.54 Å². The van der Waals surface area contributed by atoms with Crippen LogP contribution in [0.4, 0.5) is 0 Å². The van der Waals surface area contributed by atoms with Crippen molar-refractivity contribution in [3.63, 3.8) is 0 Å². The summed E-state index contributed by atoms with van der Waals surface area (Å²) in [5, 5.41) is 0. The van der Waals surface area contributed by atoms with Crippen LogP contribution in [0.15, 0.2) is 30.5 Å². The summed E-state index contributed by atoms with van der Waals surface area (Å²) in [6.45, 7) is 6.62. The summed E-state index contributed by atoms with van der Waals surface area (Å²) < 4.78 is 5.97. The first-order chi connectivity index (χ1) is 8.61. The molecule has 3 nitrogen and oxygen atoms in total. The smallest absolute Gasteiger partial charge is 0.133 e. The Morgan fingerprint density at radius 2 is 1.83 bits per heavy atom. The highest BCUT2D eigenvalue weighted by atomic mass is 16.5. The van der Waals surface area contributed by atoms with Gasteiger partial charge in [0.1, 0.15) is 11.5 Å². The molecule has 0 spiro atoms. The van der Waals surface area contributed by atoms with Crippen molar-refractivity contribution in [3.8, 4) is 11.5 Å². The Balaban J connectivity index is 2.36. The van der Waals surface area contributed by atoms with Gasteiger partial charge in [-0.1, -0.05) is 12.1 Å². The van der Waals surface area contributed by atoms with Crippen LogP contribution in [0.25, 0.3) is 0 Å². The fourth-order valence-electron chi connectivity index (χ4n) is 1.83. The van der Waals surface area contributed by atoms with E-state index in [1.54, 1.807) is 6.20 Å². The van der Waals surface area contributed by atoms with E-state index in [0.717, 1.165) is 22.8 Å². The molecule has 1 aromatic heterocycles. The molecule has 2 N–H and O–H groups in total. The molecule has 0 saturated heterocycles. The quantitative estimate of drug-likeness (QED) is 0.898. The number of aryl methyl sites for hydroxylation is 2. The maximum atomic E-state index is 5.97. The normalized spacial score (nSPS) is 10.4. The second-order valence-corrected chi connectivity index (χ2v) is 4.44. The number of nitrogens with zero attached hydrogens (tertiary/aromatic N) is 1. The van der Waals surface area contributed by atoms with Gasteiger partial charge in [0, 0.05) is 18.8 Å². The number of pyridine rings is 1. The fraction of sp³-hybridized carbons (Fsp3) is 0.267. The third kappa shape index (κ3) is 2.51. The molecular weight excluding hydrogens is 224 g/mol. The molecule has 0 bridgehead atoms. The Hall–Kier alpha value is -1.87. The Labute approximate surface area is 108 Å². The van der Waals surface area contributed by atoms with Gasteiger partial charge in [0.25, 0.3) is 0 Å². The van der Waals surface area contributed by atoms with Crippen molar-refractivity contribution in [2.45, 2.75) is 27.3 Å². The predicted molar refractivity (Wildman–Crippen MR) is 72.9 cm³/mol. The summed E-state index contributed by atoms with van der Waals surface area (Å²) in [5.41, 5.74) is 9.93. The number of hydrogen-bond acceptors (Lipinski definition) is 3. The van der Waals surface area contributed by atoms with E-state index in [9.17, 15) is 0 Å². The topological polar surface area (TPSA) is 48.1 Å². The van der Waals surface area contributed by atoms with Crippen molar-refractivity contribution in [3.05, 3.63) is 52.8 Å². The molecule has 2 aromatic rings. The minimum atomic E-state index is 0.420. The van der Waals surface area contributed by atoms with Crippen molar-refractivity contribution in [1.82, 2.24) is 4.98 Å². The van der Waals surface area contributed by atoms with Gasteiger partial charge in [-0.2, -0.15) is 0 Å². The van der Waals surface area contributed by atoms with E-state index in [-0.39, 0.29) is 0 Å². The third-order valence-corrected chi connectivity index (χ3v) is 3.09. The van der Waals surface area contributed by atoms with Crippen LogP contribution in [0, 0.1) is 20.8 Å². The van der Waals surface area contributed by atoms with Gasteiger partial charge in [-0.05, 0) is 43.5 Å². The summed E-state index contributed by atoms with van der Waals surface area (Å²) in [6.07, 6.45) is 1.72. The van der Waals surface area contributed by atoms with E-state index in [2.05, 4.69) is 31.0 Å². The number of hydrogen-bond donors (Lipinski definition) is 1. The highest BCUT2D eigenvalue weighted by molar-refractivity contribution is 5.46. The van der Waals surface area contributed by atoms with Crippen molar-refractivity contribution in [1.29, 1.82) is 0 Å². The Kier molecular flexibility index (Phi) is 3.63. The minimum absolute atomic E-state index is 0.420. The molecule has 0 saturated carbocycles. The average Bonchev–Trinajstić information content (AvgIpc) is 2.39.